The van der Waals surface area contributed by atoms with Crippen LogP contribution in [-0.2, 0) is 9.53 Å². The molecule has 0 aliphatic carbocycles. The van der Waals surface area contributed by atoms with E-state index >= 15 is 0 Å². The number of likely N-dealkylation sites (tertiary alicyclic amines) is 1. The monoisotopic (exact) mass is 214 g/mol. The van der Waals surface area contributed by atoms with Gasteiger partial charge in [-0.2, -0.15) is 0 Å². The van der Waals surface area contributed by atoms with Crippen molar-refractivity contribution in [2.24, 2.45) is 0 Å². The van der Waals surface area contributed by atoms with E-state index < -0.39 is 0 Å². The van der Waals surface area contributed by atoms with E-state index in [1.165, 1.54) is 0 Å². The molecule has 88 valence electrons. The number of carbonyl (C=O) groups is 1. The lowest BCUT2D eigenvalue weighted by Crippen LogP contribution is -2.43. The first kappa shape index (κ1) is 12.5. The van der Waals surface area contributed by atoms with E-state index in [0.29, 0.717) is 12.6 Å². The maximum atomic E-state index is 11.3. The van der Waals surface area contributed by atoms with Gasteiger partial charge in [-0.25, -0.2) is 0 Å². The summed E-state index contributed by atoms with van der Waals surface area (Å²) in [7, 11) is 2.13. The average Bonchev–Trinajstić information content (AvgIpc) is 2.16. The van der Waals surface area contributed by atoms with Gasteiger partial charge in [0, 0.05) is 6.04 Å². The van der Waals surface area contributed by atoms with Crippen LogP contribution in [0.4, 0.5) is 0 Å². The Hall–Kier alpha value is -0.610. The molecule has 1 aliphatic heterocycles. The number of carbonyl (C=O) groups excluding carboxylic acids is 1. The molecule has 0 amide bonds. The van der Waals surface area contributed by atoms with Crippen molar-refractivity contribution in [1.29, 1.82) is 0 Å². The summed E-state index contributed by atoms with van der Waals surface area (Å²) in [4.78, 5) is 13.6. The number of rotatable bonds is 4. The van der Waals surface area contributed by atoms with Crippen LogP contribution in [0.5, 0.6) is 0 Å². The minimum atomic E-state index is -0.149. The van der Waals surface area contributed by atoms with Gasteiger partial charge < -0.3 is 15.0 Å². The minimum Gasteiger partial charge on any atom is -0.462 e. The summed E-state index contributed by atoms with van der Waals surface area (Å²) in [6, 6.07) is 0.473. The fourth-order valence-corrected chi connectivity index (χ4v) is 1.74. The molecule has 0 bridgehead atoms. The highest BCUT2D eigenvalue weighted by atomic mass is 16.5. The first-order chi connectivity index (χ1) is 7.08. The Morgan fingerprint density at radius 1 is 1.47 bits per heavy atom. The largest absolute Gasteiger partial charge is 0.462 e. The molecule has 4 heteroatoms. The zero-order valence-corrected chi connectivity index (χ0v) is 9.95. The molecular weight excluding hydrogens is 192 g/mol. The zero-order valence-electron chi connectivity index (χ0n) is 9.95. The molecule has 0 aromatic rings. The Labute approximate surface area is 92.0 Å². The highest BCUT2D eigenvalue weighted by Gasteiger charge is 2.17. The molecule has 0 radical (unpaired) electrons. The predicted molar refractivity (Wildman–Crippen MR) is 59.7 cm³/mol. The SMILES string of the molecule is CC(C)OC(=O)CNC1CCN(C)CC1. The minimum absolute atomic E-state index is 0.0169. The second-order valence-electron chi connectivity index (χ2n) is 4.50. The van der Waals surface area contributed by atoms with Crippen molar-refractivity contribution in [3.63, 3.8) is 0 Å². The molecule has 1 N–H and O–H groups in total. The second kappa shape index (κ2) is 6.08. The van der Waals surface area contributed by atoms with Gasteiger partial charge in [0.05, 0.1) is 12.6 Å². The molecule has 0 saturated carbocycles. The summed E-state index contributed by atoms with van der Waals surface area (Å²) in [6.07, 6.45) is 2.22. The second-order valence-corrected chi connectivity index (χ2v) is 4.50. The molecule has 0 aromatic heterocycles. The van der Waals surface area contributed by atoms with Crippen molar-refractivity contribution >= 4 is 5.97 Å². The Balaban J connectivity index is 2.12. The summed E-state index contributed by atoms with van der Waals surface area (Å²) in [6.45, 7) is 6.29. The molecule has 1 saturated heterocycles. The van der Waals surface area contributed by atoms with Crippen LogP contribution in [0.3, 0.4) is 0 Å². The number of ether oxygens (including phenoxy) is 1. The molecule has 0 atom stereocenters. The standard InChI is InChI=1S/C11H22N2O2/c1-9(2)15-11(14)8-12-10-4-6-13(3)7-5-10/h9-10,12H,4-8H2,1-3H3. The van der Waals surface area contributed by atoms with Crippen molar-refractivity contribution < 1.29 is 9.53 Å². The molecule has 0 spiro atoms. The van der Waals surface area contributed by atoms with Gasteiger partial charge in [0.1, 0.15) is 0 Å². The molecule has 0 unspecified atom stereocenters. The van der Waals surface area contributed by atoms with Crippen LogP contribution >= 0.6 is 0 Å². The highest BCUT2D eigenvalue weighted by Crippen LogP contribution is 2.07. The van der Waals surface area contributed by atoms with Gasteiger partial charge in [0.15, 0.2) is 0 Å². The van der Waals surface area contributed by atoms with E-state index in [4.69, 9.17) is 4.74 Å². The Morgan fingerprint density at radius 2 is 2.07 bits per heavy atom. The number of hydrogen-bond donors (Lipinski definition) is 1. The number of piperidine rings is 1. The fraction of sp³-hybridized carbons (Fsp3) is 0.909. The van der Waals surface area contributed by atoms with E-state index in [1.807, 2.05) is 13.8 Å². The smallest absolute Gasteiger partial charge is 0.320 e. The molecule has 0 aromatic carbocycles. The van der Waals surface area contributed by atoms with E-state index in [1.54, 1.807) is 0 Å². The van der Waals surface area contributed by atoms with Crippen LogP contribution in [-0.4, -0.2) is 49.7 Å². The summed E-state index contributed by atoms with van der Waals surface area (Å²) < 4.78 is 5.05. The van der Waals surface area contributed by atoms with Crippen molar-refractivity contribution in [3.8, 4) is 0 Å². The van der Waals surface area contributed by atoms with Crippen LogP contribution in [0.2, 0.25) is 0 Å². The van der Waals surface area contributed by atoms with E-state index in [9.17, 15) is 4.79 Å². The molecule has 1 rings (SSSR count). The van der Waals surface area contributed by atoms with E-state index in [2.05, 4.69) is 17.3 Å². The van der Waals surface area contributed by atoms with Crippen LogP contribution in [0.1, 0.15) is 26.7 Å². The lowest BCUT2D eigenvalue weighted by Gasteiger charge is -2.29. The van der Waals surface area contributed by atoms with E-state index in [0.717, 1.165) is 25.9 Å². The zero-order chi connectivity index (χ0) is 11.3. The summed E-state index contributed by atoms with van der Waals surface area (Å²) in [5.41, 5.74) is 0. The van der Waals surface area contributed by atoms with Gasteiger partial charge >= 0.3 is 5.97 Å². The van der Waals surface area contributed by atoms with Gasteiger partial charge in [0.25, 0.3) is 0 Å². The lowest BCUT2D eigenvalue weighted by atomic mass is 10.1. The van der Waals surface area contributed by atoms with Crippen LogP contribution < -0.4 is 5.32 Å². The van der Waals surface area contributed by atoms with Crippen molar-refractivity contribution in [2.45, 2.75) is 38.8 Å². The first-order valence-corrected chi connectivity index (χ1v) is 5.69. The van der Waals surface area contributed by atoms with Crippen molar-refractivity contribution in [3.05, 3.63) is 0 Å². The van der Waals surface area contributed by atoms with Gasteiger partial charge in [0.2, 0.25) is 0 Å². The fourth-order valence-electron chi connectivity index (χ4n) is 1.74. The first-order valence-electron chi connectivity index (χ1n) is 5.69. The molecule has 15 heavy (non-hydrogen) atoms. The molecule has 1 heterocycles. The van der Waals surface area contributed by atoms with Crippen molar-refractivity contribution in [1.82, 2.24) is 10.2 Å². The molecular formula is C11H22N2O2. The van der Waals surface area contributed by atoms with Gasteiger partial charge in [-0.1, -0.05) is 0 Å². The Morgan fingerprint density at radius 3 is 2.60 bits per heavy atom. The third-order valence-electron chi connectivity index (χ3n) is 2.62. The summed E-state index contributed by atoms with van der Waals surface area (Å²) in [5, 5.41) is 3.25. The van der Waals surface area contributed by atoms with E-state index in [-0.39, 0.29) is 12.1 Å². The number of nitrogens with zero attached hydrogens (tertiary/aromatic N) is 1. The van der Waals surface area contributed by atoms with Crippen LogP contribution in [0.15, 0.2) is 0 Å². The summed E-state index contributed by atoms with van der Waals surface area (Å²) >= 11 is 0. The maximum absolute atomic E-state index is 11.3. The van der Waals surface area contributed by atoms with Gasteiger partial charge in [-0.15, -0.1) is 0 Å². The number of nitrogens with one attached hydrogen (secondary N) is 1. The average molecular weight is 214 g/mol. The maximum Gasteiger partial charge on any atom is 0.320 e. The predicted octanol–water partition coefficient (Wildman–Crippen LogP) is 0.622. The third kappa shape index (κ3) is 5.14. The van der Waals surface area contributed by atoms with Crippen molar-refractivity contribution in [2.75, 3.05) is 26.7 Å². The molecule has 1 fully saturated rings. The van der Waals surface area contributed by atoms with Gasteiger partial charge in [-0.05, 0) is 46.8 Å². The quantitative estimate of drug-likeness (QED) is 0.697. The lowest BCUT2D eigenvalue weighted by molar-refractivity contribution is -0.146. The normalized spacial score (nSPS) is 19.5. The van der Waals surface area contributed by atoms with Gasteiger partial charge in [-0.3, -0.25) is 4.79 Å². The molecule has 4 nitrogen and oxygen atoms in total. The number of hydrogen-bond acceptors (Lipinski definition) is 4. The number of esters is 1. The molecule has 1 aliphatic rings. The Kier molecular flexibility index (Phi) is 5.05. The van der Waals surface area contributed by atoms with Crippen LogP contribution in [0.25, 0.3) is 0 Å². The third-order valence-corrected chi connectivity index (χ3v) is 2.62. The summed E-state index contributed by atoms with van der Waals surface area (Å²) in [5.74, 6) is -0.149. The topological polar surface area (TPSA) is 41.6 Å². The Bertz CT molecular complexity index is 199. The van der Waals surface area contributed by atoms with Crippen LogP contribution in [0, 0.1) is 0 Å². The highest BCUT2D eigenvalue weighted by molar-refractivity contribution is 5.71.